The Morgan fingerprint density at radius 3 is 2.43 bits per heavy atom. The topological polar surface area (TPSA) is 26.0 Å². The number of hydrogen-bond acceptors (Lipinski definition) is 1. The van der Waals surface area contributed by atoms with E-state index < -0.39 is 0 Å². The van der Waals surface area contributed by atoms with Gasteiger partial charge < -0.3 is 5.73 Å². The van der Waals surface area contributed by atoms with Gasteiger partial charge in [-0.05, 0) is 24.3 Å². The number of benzene rings is 1. The molecule has 0 spiro atoms. The monoisotopic (exact) mass is 191 g/mol. The van der Waals surface area contributed by atoms with Crippen molar-refractivity contribution in [1.82, 2.24) is 0 Å². The SMILES string of the molecule is CCC[C@H](N)CC(C)c1ccccc1. The first-order chi connectivity index (χ1) is 6.74. The highest BCUT2D eigenvalue weighted by Gasteiger charge is 2.09. The summed E-state index contributed by atoms with van der Waals surface area (Å²) in [6, 6.07) is 11.0. The Labute approximate surface area is 87.3 Å². The van der Waals surface area contributed by atoms with E-state index >= 15 is 0 Å². The number of hydrogen-bond donors (Lipinski definition) is 1. The molecule has 2 atom stereocenters. The van der Waals surface area contributed by atoms with Crippen molar-refractivity contribution in [2.45, 2.75) is 45.1 Å². The highest BCUT2D eigenvalue weighted by atomic mass is 14.6. The molecule has 0 fully saturated rings. The molecule has 14 heavy (non-hydrogen) atoms. The molecule has 0 aliphatic rings. The molecule has 0 heterocycles. The molecule has 0 aromatic heterocycles. The minimum atomic E-state index is 0.357. The van der Waals surface area contributed by atoms with Gasteiger partial charge in [0.15, 0.2) is 0 Å². The Kier molecular flexibility index (Phi) is 4.68. The minimum absolute atomic E-state index is 0.357. The zero-order chi connectivity index (χ0) is 10.4. The molecule has 0 aliphatic carbocycles. The maximum Gasteiger partial charge on any atom is 0.00444 e. The summed E-state index contributed by atoms with van der Waals surface area (Å²) in [4.78, 5) is 0. The lowest BCUT2D eigenvalue weighted by molar-refractivity contribution is 0.515. The maximum atomic E-state index is 6.02. The summed E-state index contributed by atoms with van der Waals surface area (Å²) in [5.41, 5.74) is 7.42. The molecule has 1 aromatic rings. The van der Waals surface area contributed by atoms with E-state index in [4.69, 9.17) is 5.73 Å². The van der Waals surface area contributed by atoms with E-state index in [0.717, 1.165) is 12.8 Å². The zero-order valence-electron chi connectivity index (χ0n) is 9.24. The second-order valence-electron chi connectivity index (χ2n) is 4.10. The van der Waals surface area contributed by atoms with Crippen molar-refractivity contribution in [3.63, 3.8) is 0 Å². The van der Waals surface area contributed by atoms with E-state index in [9.17, 15) is 0 Å². The molecule has 78 valence electrons. The third kappa shape index (κ3) is 3.51. The minimum Gasteiger partial charge on any atom is -0.328 e. The Morgan fingerprint density at radius 2 is 1.86 bits per heavy atom. The molecule has 0 saturated carbocycles. The van der Waals surface area contributed by atoms with Crippen molar-refractivity contribution in [2.75, 3.05) is 0 Å². The van der Waals surface area contributed by atoms with Gasteiger partial charge in [-0.25, -0.2) is 0 Å². The van der Waals surface area contributed by atoms with Gasteiger partial charge in [0.2, 0.25) is 0 Å². The van der Waals surface area contributed by atoms with Gasteiger partial charge in [-0.1, -0.05) is 50.6 Å². The van der Waals surface area contributed by atoms with Crippen molar-refractivity contribution < 1.29 is 0 Å². The number of nitrogens with two attached hydrogens (primary N) is 1. The fourth-order valence-corrected chi connectivity index (χ4v) is 1.86. The van der Waals surface area contributed by atoms with Crippen LogP contribution in [0.15, 0.2) is 30.3 Å². The Balaban J connectivity index is 2.46. The highest BCUT2D eigenvalue weighted by Crippen LogP contribution is 2.20. The normalized spacial score (nSPS) is 15.1. The first kappa shape index (κ1) is 11.3. The van der Waals surface area contributed by atoms with Gasteiger partial charge in [0.25, 0.3) is 0 Å². The Morgan fingerprint density at radius 1 is 1.21 bits per heavy atom. The lowest BCUT2D eigenvalue weighted by Gasteiger charge is -2.16. The standard InChI is InChI=1S/C13H21N/c1-3-7-13(14)10-11(2)12-8-5-4-6-9-12/h4-6,8-9,11,13H,3,7,10,14H2,1-2H3/t11?,13-/m0/s1. The van der Waals surface area contributed by atoms with Crippen molar-refractivity contribution >= 4 is 0 Å². The Bertz CT molecular complexity index is 243. The van der Waals surface area contributed by atoms with Crippen LogP contribution in [0.25, 0.3) is 0 Å². The third-order valence-corrected chi connectivity index (χ3v) is 2.68. The van der Waals surface area contributed by atoms with Crippen LogP contribution < -0.4 is 5.73 Å². The lowest BCUT2D eigenvalue weighted by Crippen LogP contribution is -2.21. The summed E-state index contributed by atoms with van der Waals surface area (Å²) >= 11 is 0. The van der Waals surface area contributed by atoms with Crippen LogP contribution in [0.1, 0.15) is 44.6 Å². The predicted octanol–water partition coefficient (Wildman–Crippen LogP) is 3.31. The van der Waals surface area contributed by atoms with Crippen molar-refractivity contribution in [2.24, 2.45) is 5.73 Å². The summed E-state index contributed by atoms with van der Waals surface area (Å²) < 4.78 is 0. The van der Waals surface area contributed by atoms with E-state index in [1.807, 2.05) is 0 Å². The lowest BCUT2D eigenvalue weighted by atomic mass is 9.93. The van der Waals surface area contributed by atoms with Crippen LogP contribution in [0.4, 0.5) is 0 Å². The van der Waals surface area contributed by atoms with Crippen LogP contribution >= 0.6 is 0 Å². The molecule has 1 rings (SSSR count). The van der Waals surface area contributed by atoms with Gasteiger partial charge in [0.05, 0.1) is 0 Å². The van der Waals surface area contributed by atoms with Crippen LogP contribution in [-0.4, -0.2) is 6.04 Å². The van der Waals surface area contributed by atoms with Gasteiger partial charge in [-0.3, -0.25) is 0 Å². The van der Waals surface area contributed by atoms with Crippen LogP contribution in [0.5, 0.6) is 0 Å². The van der Waals surface area contributed by atoms with Gasteiger partial charge in [-0.2, -0.15) is 0 Å². The predicted molar refractivity (Wildman–Crippen MR) is 62.4 cm³/mol. The molecular formula is C13H21N. The van der Waals surface area contributed by atoms with E-state index in [1.54, 1.807) is 0 Å². The molecule has 2 N–H and O–H groups in total. The molecule has 1 unspecified atom stereocenters. The summed E-state index contributed by atoms with van der Waals surface area (Å²) in [5, 5.41) is 0. The van der Waals surface area contributed by atoms with E-state index in [1.165, 1.54) is 12.0 Å². The molecule has 0 aliphatic heterocycles. The van der Waals surface area contributed by atoms with E-state index in [-0.39, 0.29) is 0 Å². The second kappa shape index (κ2) is 5.82. The third-order valence-electron chi connectivity index (χ3n) is 2.68. The second-order valence-corrected chi connectivity index (χ2v) is 4.10. The fourth-order valence-electron chi connectivity index (χ4n) is 1.86. The summed E-state index contributed by atoms with van der Waals surface area (Å²) in [6.07, 6.45) is 3.41. The summed E-state index contributed by atoms with van der Waals surface area (Å²) in [7, 11) is 0. The first-order valence-electron chi connectivity index (χ1n) is 5.54. The quantitative estimate of drug-likeness (QED) is 0.759. The molecule has 1 heteroatoms. The smallest absolute Gasteiger partial charge is 0.00444 e. The van der Waals surface area contributed by atoms with Gasteiger partial charge in [-0.15, -0.1) is 0 Å². The molecule has 0 bridgehead atoms. The van der Waals surface area contributed by atoms with Crippen LogP contribution in [0.2, 0.25) is 0 Å². The van der Waals surface area contributed by atoms with Crippen LogP contribution in [0.3, 0.4) is 0 Å². The van der Waals surface area contributed by atoms with Crippen molar-refractivity contribution in [3.05, 3.63) is 35.9 Å². The average Bonchev–Trinajstić information content (AvgIpc) is 2.19. The highest BCUT2D eigenvalue weighted by molar-refractivity contribution is 5.18. The van der Waals surface area contributed by atoms with Crippen molar-refractivity contribution in [1.29, 1.82) is 0 Å². The summed E-state index contributed by atoms with van der Waals surface area (Å²) in [6.45, 7) is 4.44. The van der Waals surface area contributed by atoms with E-state index in [0.29, 0.717) is 12.0 Å². The van der Waals surface area contributed by atoms with Gasteiger partial charge in [0, 0.05) is 6.04 Å². The molecule has 0 amide bonds. The van der Waals surface area contributed by atoms with Crippen LogP contribution in [0, 0.1) is 0 Å². The fraction of sp³-hybridized carbons (Fsp3) is 0.538. The Hall–Kier alpha value is -0.820. The largest absolute Gasteiger partial charge is 0.328 e. The van der Waals surface area contributed by atoms with E-state index in [2.05, 4.69) is 44.2 Å². The number of rotatable bonds is 5. The molecular weight excluding hydrogens is 170 g/mol. The van der Waals surface area contributed by atoms with Crippen molar-refractivity contribution in [3.8, 4) is 0 Å². The average molecular weight is 191 g/mol. The van der Waals surface area contributed by atoms with Gasteiger partial charge >= 0.3 is 0 Å². The first-order valence-corrected chi connectivity index (χ1v) is 5.54. The molecule has 0 radical (unpaired) electrons. The molecule has 0 saturated heterocycles. The molecule has 1 aromatic carbocycles. The van der Waals surface area contributed by atoms with Gasteiger partial charge in [0.1, 0.15) is 0 Å². The maximum absolute atomic E-state index is 6.02. The van der Waals surface area contributed by atoms with Crippen LogP contribution in [-0.2, 0) is 0 Å². The molecule has 1 nitrogen and oxygen atoms in total. The summed E-state index contributed by atoms with van der Waals surface area (Å²) in [5.74, 6) is 0.581. The zero-order valence-corrected chi connectivity index (χ0v) is 9.24.